The largest absolute Gasteiger partial charge is 0.332 e. The summed E-state index contributed by atoms with van der Waals surface area (Å²) in [6.45, 7) is 3.88. The molecule has 0 aliphatic carbocycles. The van der Waals surface area contributed by atoms with Crippen molar-refractivity contribution in [3.8, 4) is 0 Å². The van der Waals surface area contributed by atoms with E-state index >= 15 is 0 Å². The SMILES string of the molecule is CC(=O)c1ccccc1NC(=O)C[NH2+][C@@H](C)c1cccc2ccccc12. The fraction of sp³-hybridized carbons (Fsp3) is 0.182. The Morgan fingerprint density at radius 2 is 1.65 bits per heavy atom. The van der Waals surface area contributed by atoms with E-state index in [1.54, 1.807) is 18.2 Å². The van der Waals surface area contributed by atoms with E-state index < -0.39 is 0 Å². The van der Waals surface area contributed by atoms with Gasteiger partial charge in [0.25, 0.3) is 5.91 Å². The molecule has 0 radical (unpaired) electrons. The molecule has 0 saturated heterocycles. The Hall–Kier alpha value is -2.98. The molecule has 0 spiro atoms. The number of carbonyl (C=O) groups excluding carboxylic acids is 2. The van der Waals surface area contributed by atoms with Crippen LogP contribution in [0.4, 0.5) is 5.69 Å². The molecule has 4 heteroatoms. The number of nitrogens with two attached hydrogens (primary N) is 1. The lowest BCUT2D eigenvalue weighted by Crippen LogP contribution is -2.86. The number of hydrogen-bond donors (Lipinski definition) is 2. The smallest absolute Gasteiger partial charge is 0.279 e. The molecule has 0 heterocycles. The summed E-state index contributed by atoms with van der Waals surface area (Å²) in [5, 5.41) is 7.26. The van der Waals surface area contributed by atoms with E-state index in [0.717, 1.165) is 0 Å². The minimum absolute atomic E-state index is 0.0611. The zero-order valence-corrected chi connectivity index (χ0v) is 15.0. The highest BCUT2D eigenvalue weighted by atomic mass is 16.2. The molecule has 3 aromatic rings. The van der Waals surface area contributed by atoms with Gasteiger partial charge in [-0.1, -0.05) is 54.6 Å². The Balaban J connectivity index is 1.67. The quantitative estimate of drug-likeness (QED) is 0.672. The van der Waals surface area contributed by atoms with Gasteiger partial charge in [0.15, 0.2) is 12.3 Å². The van der Waals surface area contributed by atoms with Gasteiger partial charge in [-0.3, -0.25) is 9.59 Å². The fourth-order valence-corrected chi connectivity index (χ4v) is 3.16. The van der Waals surface area contributed by atoms with Crippen molar-refractivity contribution in [1.82, 2.24) is 0 Å². The number of amides is 1. The highest BCUT2D eigenvalue weighted by Crippen LogP contribution is 2.22. The average Bonchev–Trinajstić information content (AvgIpc) is 2.66. The third-order valence-corrected chi connectivity index (χ3v) is 4.55. The van der Waals surface area contributed by atoms with E-state index in [0.29, 0.717) is 11.3 Å². The van der Waals surface area contributed by atoms with E-state index in [9.17, 15) is 9.59 Å². The number of benzene rings is 3. The number of ketones is 1. The summed E-state index contributed by atoms with van der Waals surface area (Å²) in [5.74, 6) is -0.181. The van der Waals surface area contributed by atoms with Gasteiger partial charge in [-0.2, -0.15) is 0 Å². The Kier molecular flexibility index (Phi) is 5.44. The van der Waals surface area contributed by atoms with Crippen LogP contribution in [0.5, 0.6) is 0 Å². The number of nitrogens with one attached hydrogen (secondary N) is 1. The molecular weight excluding hydrogens is 324 g/mol. The second-order valence-corrected chi connectivity index (χ2v) is 6.45. The van der Waals surface area contributed by atoms with Gasteiger partial charge in [-0.05, 0) is 36.8 Å². The van der Waals surface area contributed by atoms with Crippen molar-refractivity contribution in [2.45, 2.75) is 19.9 Å². The minimum Gasteiger partial charge on any atom is -0.332 e. The van der Waals surface area contributed by atoms with Crippen LogP contribution in [0.1, 0.15) is 35.8 Å². The molecular formula is C22H23N2O2+. The second kappa shape index (κ2) is 7.93. The Bertz CT molecular complexity index is 944. The van der Waals surface area contributed by atoms with Gasteiger partial charge in [0, 0.05) is 11.1 Å². The van der Waals surface area contributed by atoms with E-state index in [-0.39, 0.29) is 24.3 Å². The highest BCUT2D eigenvalue weighted by Gasteiger charge is 2.15. The molecule has 1 atom stereocenters. The number of para-hydroxylation sites is 1. The van der Waals surface area contributed by atoms with E-state index in [2.05, 4.69) is 36.5 Å². The van der Waals surface area contributed by atoms with Crippen LogP contribution in [0.3, 0.4) is 0 Å². The number of carbonyl (C=O) groups is 2. The molecule has 3 rings (SSSR count). The van der Waals surface area contributed by atoms with E-state index in [4.69, 9.17) is 0 Å². The summed E-state index contributed by atoms with van der Waals surface area (Å²) in [6.07, 6.45) is 0. The number of quaternary nitrogens is 1. The average molecular weight is 347 g/mol. The summed E-state index contributed by atoms with van der Waals surface area (Å²) < 4.78 is 0. The minimum atomic E-state index is -0.120. The van der Waals surface area contributed by atoms with Crippen LogP contribution in [0.25, 0.3) is 10.8 Å². The maximum Gasteiger partial charge on any atom is 0.279 e. The molecule has 3 N–H and O–H groups in total. The molecule has 132 valence electrons. The van der Waals surface area contributed by atoms with Crippen LogP contribution < -0.4 is 10.6 Å². The standard InChI is InChI=1S/C22H22N2O2/c1-15(18-12-7-9-17-8-3-4-11-20(17)18)23-14-22(26)24-21-13-6-5-10-19(21)16(2)25/h3-13,15,23H,14H2,1-2H3,(H,24,26)/p+1/t15-/m0/s1. The highest BCUT2D eigenvalue weighted by molar-refractivity contribution is 6.03. The zero-order valence-electron chi connectivity index (χ0n) is 15.0. The molecule has 1 amide bonds. The van der Waals surface area contributed by atoms with Crippen LogP contribution >= 0.6 is 0 Å². The lowest BCUT2D eigenvalue weighted by molar-refractivity contribution is -0.682. The van der Waals surface area contributed by atoms with Crippen LogP contribution in [0, 0.1) is 0 Å². The summed E-state index contributed by atoms with van der Waals surface area (Å²) in [5.41, 5.74) is 2.30. The van der Waals surface area contributed by atoms with Gasteiger partial charge in [0.1, 0.15) is 6.04 Å². The van der Waals surface area contributed by atoms with Gasteiger partial charge in [-0.15, -0.1) is 0 Å². The van der Waals surface area contributed by atoms with Crippen molar-refractivity contribution in [1.29, 1.82) is 0 Å². The molecule has 0 fully saturated rings. The Morgan fingerprint density at radius 3 is 2.46 bits per heavy atom. The molecule has 0 saturated carbocycles. The van der Waals surface area contributed by atoms with Crippen LogP contribution in [0.15, 0.2) is 66.7 Å². The van der Waals surface area contributed by atoms with Crippen molar-refractivity contribution in [2.75, 3.05) is 11.9 Å². The topological polar surface area (TPSA) is 62.8 Å². The monoisotopic (exact) mass is 347 g/mol. The van der Waals surface area contributed by atoms with Gasteiger partial charge in [0.2, 0.25) is 0 Å². The molecule has 0 unspecified atom stereocenters. The van der Waals surface area contributed by atoms with E-state index in [1.807, 2.05) is 29.6 Å². The Labute approximate surface area is 153 Å². The first-order valence-corrected chi connectivity index (χ1v) is 8.77. The third-order valence-electron chi connectivity index (χ3n) is 4.55. The number of hydrogen-bond acceptors (Lipinski definition) is 2. The summed E-state index contributed by atoms with van der Waals surface area (Å²) in [4.78, 5) is 24.0. The predicted molar refractivity (Wildman–Crippen MR) is 104 cm³/mol. The normalized spacial score (nSPS) is 11.9. The van der Waals surface area contributed by atoms with Crippen molar-refractivity contribution in [3.05, 3.63) is 77.9 Å². The fourth-order valence-electron chi connectivity index (χ4n) is 3.16. The lowest BCUT2D eigenvalue weighted by atomic mass is 10.00. The zero-order chi connectivity index (χ0) is 18.5. The lowest BCUT2D eigenvalue weighted by Gasteiger charge is -2.14. The van der Waals surface area contributed by atoms with Gasteiger partial charge < -0.3 is 10.6 Å². The summed E-state index contributed by atoms with van der Waals surface area (Å²) in [7, 11) is 0. The van der Waals surface area contributed by atoms with Crippen LogP contribution in [-0.2, 0) is 4.79 Å². The van der Waals surface area contributed by atoms with E-state index in [1.165, 1.54) is 23.3 Å². The molecule has 0 aliphatic rings. The molecule has 0 bridgehead atoms. The number of fused-ring (bicyclic) bond motifs is 1. The van der Waals surface area contributed by atoms with Gasteiger partial charge >= 0.3 is 0 Å². The summed E-state index contributed by atoms with van der Waals surface area (Å²) >= 11 is 0. The number of anilines is 1. The predicted octanol–water partition coefficient (Wildman–Crippen LogP) is 3.31. The van der Waals surface area contributed by atoms with Crippen LogP contribution in [0.2, 0.25) is 0 Å². The molecule has 4 nitrogen and oxygen atoms in total. The van der Waals surface area contributed by atoms with Crippen LogP contribution in [-0.4, -0.2) is 18.2 Å². The van der Waals surface area contributed by atoms with Crippen molar-refractivity contribution in [3.63, 3.8) is 0 Å². The first-order valence-electron chi connectivity index (χ1n) is 8.77. The van der Waals surface area contributed by atoms with Gasteiger partial charge in [0.05, 0.1) is 5.69 Å². The molecule has 3 aromatic carbocycles. The van der Waals surface area contributed by atoms with Crippen molar-refractivity contribution in [2.24, 2.45) is 0 Å². The maximum atomic E-state index is 12.3. The van der Waals surface area contributed by atoms with Crippen molar-refractivity contribution >= 4 is 28.2 Å². The first-order chi connectivity index (χ1) is 12.6. The Morgan fingerprint density at radius 1 is 0.962 bits per heavy atom. The molecule has 0 aliphatic heterocycles. The summed E-state index contributed by atoms with van der Waals surface area (Å²) in [6, 6.07) is 21.7. The molecule has 0 aromatic heterocycles. The van der Waals surface area contributed by atoms with Crippen molar-refractivity contribution < 1.29 is 14.9 Å². The van der Waals surface area contributed by atoms with Gasteiger partial charge in [-0.25, -0.2) is 0 Å². The first kappa shape index (κ1) is 17.8. The number of rotatable bonds is 6. The third kappa shape index (κ3) is 3.98. The second-order valence-electron chi connectivity index (χ2n) is 6.45. The maximum absolute atomic E-state index is 12.3. The number of Topliss-reactive ketones (excluding diaryl/α,β-unsaturated/α-hetero) is 1. The molecule has 26 heavy (non-hydrogen) atoms.